The third-order valence-corrected chi connectivity index (χ3v) is 13.7. The monoisotopic (exact) mass is 927 g/mol. The smallest absolute Gasteiger partial charge is 0.322 e. The number of anilines is 1. The van der Waals surface area contributed by atoms with Gasteiger partial charge in [0.25, 0.3) is 15.9 Å². The van der Waals surface area contributed by atoms with E-state index in [1.807, 2.05) is 36.4 Å². The number of nitrogens with zero attached hydrogens (tertiary/aromatic N) is 4. The van der Waals surface area contributed by atoms with E-state index in [9.17, 15) is 8.42 Å². The Kier molecular flexibility index (Phi) is 14.7. The van der Waals surface area contributed by atoms with Gasteiger partial charge in [-0.15, -0.1) is 0 Å². The predicted octanol–water partition coefficient (Wildman–Crippen LogP) is 7.73. The van der Waals surface area contributed by atoms with Gasteiger partial charge in [0.15, 0.2) is 17.3 Å². The zero-order valence-electron chi connectivity index (χ0n) is 35.2. The fourth-order valence-corrected chi connectivity index (χ4v) is 9.79. The Hall–Kier alpha value is -5.55. The molecule has 13 nitrogen and oxygen atoms in total. The summed E-state index contributed by atoms with van der Waals surface area (Å²) in [5.74, 6) is 0.108. The van der Waals surface area contributed by atoms with Gasteiger partial charge in [-0.1, -0.05) is 126 Å². The molecule has 61 heavy (non-hydrogen) atoms. The number of hydrogen-bond donors (Lipinski definition) is 1. The molecule has 0 fully saturated rings. The topological polar surface area (TPSA) is 153 Å². The van der Waals surface area contributed by atoms with Crippen molar-refractivity contribution in [1.82, 2.24) is 19.9 Å². The molecule has 0 aliphatic rings. The fourth-order valence-electron chi connectivity index (χ4n) is 5.93. The van der Waals surface area contributed by atoms with E-state index in [-0.39, 0.29) is 65.3 Å². The highest BCUT2D eigenvalue weighted by Gasteiger charge is 2.33. The van der Waals surface area contributed by atoms with Crippen molar-refractivity contribution in [3.05, 3.63) is 132 Å². The van der Waals surface area contributed by atoms with Crippen LogP contribution in [0.4, 0.5) is 5.82 Å². The number of halogens is 1. The van der Waals surface area contributed by atoms with Gasteiger partial charge in [0.2, 0.25) is 14.8 Å². The van der Waals surface area contributed by atoms with Crippen molar-refractivity contribution in [3.63, 3.8) is 0 Å². The van der Waals surface area contributed by atoms with Crippen molar-refractivity contribution < 1.29 is 36.5 Å². The van der Waals surface area contributed by atoms with Gasteiger partial charge in [0.1, 0.15) is 19.8 Å². The maximum Gasteiger partial charge on any atom is 0.322 e. The van der Waals surface area contributed by atoms with Crippen LogP contribution in [0.25, 0.3) is 0 Å². The summed E-state index contributed by atoms with van der Waals surface area (Å²) in [5, 5.41) is 2.21. The standard InChI is InChI=1S/C45H50BrN5O8SSi/c1-44(2,3)31-22-24-33(25-23-31)60(52,53)51-40-39(58-37-21-15-14-20-36(37)54-7)41(55-26-27-56-42-47-28-32(46)29-48-42)50-43(49-40)57-30-38(45(4,5)6)59-61(34-16-10-8-11-17-34)35-18-12-9-13-19-35/h8-25,28-29,38,61H,26-27,30H2,1-7H3,(H,49,50,51). The molecule has 0 saturated heterocycles. The number of benzene rings is 4. The lowest BCUT2D eigenvalue weighted by Gasteiger charge is -2.34. The summed E-state index contributed by atoms with van der Waals surface area (Å²) in [6.07, 6.45) is 2.66. The van der Waals surface area contributed by atoms with Gasteiger partial charge in [0.05, 0.1) is 22.6 Å². The second kappa shape index (κ2) is 19.9. The Labute approximate surface area is 367 Å². The summed E-state index contributed by atoms with van der Waals surface area (Å²) in [6.45, 7) is 12.3. The maximum atomic E-state index is 14.2. The number of ether oxygens (including phenoxy) is 5. The third kappa shape index (κ3) is 12.3. The summed E-state index contributed by atoms with van der Waals surface area (Å²) >= 11 is 3.32. The SMILES string of the molecule is COc1ccccc1Oc1c(NS(=O)(=O)c2ccc(C(C)(C)C)cc2)nc(OCC(O[SiH](c2ccccc2)c2ccccc2)C(C)(C)C)nc1OCCOc1ncc(Br)cn1. The number of methoxy groups -OCH3 is 1. The molecule has 1 unspecified atom stereocenters. The van der Waals surface area contributed by atoms with Gasteiger partial charge in [-0.05, 0) is 67.0 Å². The van der Waals surface area contributed by atoms with Crippen molar-refractivity contribution in [1.29, 1.82) is 0 Å². The van der Waals surface area contributed by atoms with Gasteiger partial charge in [0, 0.05) is 12.4 Å². The van der Waals surface area contributed by atoms with Crippen LogP contribution in [0.1, 0.15) is 47.1 Å². The zero-order chi connectivity index (χ0) is 43.6. The largest absolute Gasteiger partial charge is 0.493 e. The first kappa shape index (κ1) is 45.0. The van der Waals surface area contributed by atoms with Gasteiger partial charge in [-0.2, -0.15) is 9.97 Å². The first-order valence-corrected chi connectivity index (χ1v) is 23.5. The van der Waals surface area contributed by atoms with Crippen molar-refractivity contribution in [2.45, 2.75) is 58.0 Å². The molecule has 16 heteroatoms. The number of para-hydroxylation sites is 2. The molecule has 0 spiro atoms. The molecule has 2 aromatic heterocycles. The molecule has 0 radical (unpaired) electrons. The van der Waals surface area contributed by atoms with E-state index in [0.29, 0.717) is 10.2 Å². The molecule has 1 N–H and O–H groups in total. The molecule has 4 aromatic carbocycles. The second-order valence-electron chi connectivity index (χ2n) is 16.0. The minimum Gasteiger partial charge on any atom is -0.493 e. The van der Waals surface area contributed by atoms with Crippen LogP contribution in [0, 0.1) is 5.41 Å². The average molecular weight is 929 g/mol. The van der Waals surface area contributed by atoms with E-state index in [2.05, 4.69) is 106 Å². The number of nitrogens with one attached hydrogen (secondary N) is 1. The minimum atomic E-state index is -4.26. The number of sulfonamides is 1. The Balaban J connectivity index is 1.39. The molecule has 6 aromatic rings. The van der Waals surface area contributed by atoms with E-state index < -0.39 is 30.6 Å². The zero-order valence-corrected chi connectivity index (χ0v) is 38.7. The van der Waals surface area contributed by atoms with E-state index in [4.69, 9.17) is 28.1 Å². The highest BCUT2D eigenvalue weighted by Crippen LogP contribution is 2.42. The average Bonchev–Trinajstić information content (AvgIpc) is 3.24. The molecular weight excluding hydrogens is 879 g/mol. The second-order valence-corrected chi connectivity index (χ2v) is 21.0. The third-order valence-electron chi connectivity index (χ3n) is 9.34. The highest BCUT2D eigenvalue weighted by molar-refractivity contribution is 9.10. The molecule has 0 aliphatic carbocycles. The molecule has 0 saturated carbocycles. The lowest BCUT2D eigenvalue weighted by Crippen LogP contribution is -2.51. The van der Waals surface area contributed by atoms with E-state index >= 15 is 0 Å². The van der Waals surface area contributed by atoms with Gasteiger partial charge < -0.3 is 28.1 Å². The summed E-state index contributed by atoms with van der Waals surface area (Å²) in [7, 11) is -5.00. The highest BCUT2D eigenvalue weighted by atomic mass is 79.9. The molecule has 2 heterocycles. The molecular formula is C45H50BrN5O8SSi. The first-order chi connectivity index (χ1) is 29.1. The number of aromatic nitrogens is 4. The van der Waals surface area contributed by atoms with E-state index in [1.54, 1.807) is 60.9 Å². The van der Waals surface area contributed by atoms with E-state index in [1.165, 1.54) is 7.11 Å². The maximum absolute atomic E-state index is 14.2. The van der Waals surface area contributed by atoms with Crippen LogP contribution in [0.15, 0.2) is 131 Å². The number of hydrogen-bond acceptors (Lipinski definition) is 12. The normalized spacial score (nSPS) is 12.4. The lowest BCUT2D eigenvalue weighted by molar-refractivity contribution is 0.0399. The predicted molar refractivity (Wildman–Crippen MR) is 241 cm³/mol. The Morgan fingerprint density at radius 1 is 0.705 bits per heavy atom. The van der Waals surface area contributed by atoms with Gasteiger partial charge in [-0.3, -0.25) is 4.72 Å². The van der Waals surface area contributed by atoms with Crippen molar-refractivity contribution in [2.24, 2.45) is 5.41 Å². The lowest BCUT2D eigenvalue weighted by atomic mass is 9.87. The van der Waals surface area contributed by atoms with Crippen molar-refractivity contribution >= 4 is 51.2 Å². The van der Waals surface area contributed by atoms with Crippen LogP contribution >= 0.6 is 15.9 Å². The molecule has 6 rings (SSSR count). The van der Waals surface area contributed by atoms with Crippen molar-refractivity contribution in [3.8, 4) is 35.1 Å². The Morgan fingerprint density at radius 2 is 1.28 bits per heavy atom. The van der Waals surface area contributed by atoms with Crippen LogP contribution in [0.2, 0.25) is 0 Å². The van der Waals surface area contributed by atoms with Gasteiger partial charge in [-0.25, -0.2) is 18.4 Å². The summed E-state index contributed by atoms with van der Waals surface area (Å²) in [4.78, 5) is 17.6. The first-order valence-electron chi connectivity index (χ1n) is 19.6. The quantitative estimate of drug-likeness (QED) is 0.0663. The van der Waals surface area contributed by atoms with Crippen LogP contribution in [-0.2, 0) is 19.9 Å². The van der Waals surface area contributed by atoms with Crippen LogP contribution in [-0.4, -0.2) is 70.4 Å². The van der Waals surface area contributed by atoms with Crippen LogP contribution in [0.5, 0.6) is 35.1 Å². The van der Waals surface area contributed by atoms with Crippen molar-refractivity contribution in [2.75, 3.05) is 31.7 Å². The molecule has 0 bridgehead atoms. The molecule has 0 amide bonds. The fraction of sp³-hybridized carbons (Fsp3) is 0.289. The summed E-state index contributed by atoms with van der Waals surface area (Å²) in [6, 6.07) is 33.8. The van der Waals surface area contributed by atoms with Crippen LogP contribution < -0.4 is 38.8 Å². The van der Waals surface area contributed by atoms with Crippen LogP contribution in [0.3, 0.4) is 0 Å². The Bertz CT molecular complexity index is 2420. The summed E-state index contributed by atoms with van der Waals surface area (Å²) < 4.78 is 68.9. The minimum absolute atomic E-state index is 0.00202. The molecule has 1 atom stereocenters. The molecule has 0 aliphatic heterocycles. The van der Waals surface area contributed by atoms with Gasteiger partial charge >= 0.3 is 12.0 Å². The van der Waals surface area contributed by atoms with E-state index in [0.717, 1.165) is 15.9 Å². The molecule has 320 valence electrons. The number of rotatable bonds is 18. The Morgan fingerprint density at radius 3 is 1.85 bits per heavy atom. The summed E-state index contributed by atoms with van der Waals surface area (Å²) in [5.41, 5.74) is 0.372.